The van der Waals surface area contributed by atoms with Crippen LogP contribution in [-0.2, 0) is 4.74 Å². The number of methoxy groups -OCH3 is 1. The number of rotatable bonds is 5. The second-order valence-electron chi connectivity index (χ2n) is 6.40. The van der Waals surface area contributed by atoms with Crippen LogP contribution in [0.5, 0.6) is 0 Å². The summed E-state index contributed by atoms with van der Waals surface area (Å²) in [5, 5.41) is 6.78. The zero-order valence-electron chi connectivity index (χ0n) is 16.1. The van der Waals surface area contributed by atoms with Gasteiger partial charge >= 0.3 is 5.97 Å². The van der Waals surface area contributed by atoms with Crippen LogP contribution >= 0.6 is 0 Å². The molecule has 0 saturated heterocycles. The highest BCUT2D eigenvalue weighted by Crippen LogP contribution is 2.25. The molecule has 156 valence electrons. The summed E-state index contributed by atoms with van der Waals surface area (Å²) in [6, 6.07) is 15.1. The van der Waals surface area contributed by atoms with Crippen LogP contribution in [0.2, 0.25) is 0 Å². The SMILES string of the molecule is COC(=O)c1cc(NC(=O)c2cc(-c3ccco3)nn2-c2ccccc2)c(F)cc1F. The van der Waals surface area contributed by atoms with Gasteiger partial charge in [-0.2, -0.15) is 5.10 Å². The number of amides is 1. The number of hydrogen-bond acceptors (Lipinski definition) is 5. The molecule has 0 spiro atoms. The van der Waals surface area contributed by atoms with Gasteiger partial charge in [-0.15, -0.1) is 0 Å². The van der Waals surface area contributed by atoms with Crippen LogP contribution in [0.3, 0.4) is 0 Å². The van der Waals surface area contributed by atoms with E-state index in [4.69, 9.17) is 4.42 Å². The first-order valence-corrected chi connectivity index (χ1v) is 9.06. The van der Waals surface area contributed by atoms with Gasteiger partial charge in [0.05, 0.1) is 30.3 Å². The highest BCUT2D eigenvalue weighted by Gasteiger charge is 2.22. The number of carbonyl (C=O) groups excluding carboxylic acids is 2. The number of benzene rings is 2. The number of aromatic nitrogens is 2. The summed E-state index contributed by atoms with van der Waals surface area (Å²) in [6.45, 7) is 0. The lowest BCUT2D eigenvalue weighted by Crippen LogP contribution is -2.18. The molecule has 0 radical (unpaired) electrons. The van der Waals surface area contributed by atoms with Gasteiger partial charge in [0.1, 0.15) is 23.0 Å². The molecule has 1 N–H and O–H groups in total. The van der Waals surface area contributed by atoms with Crippen LogP contribution in [0.25, 0.3) is 17.1 Å². The Bertz CT molecular complexity index is 1250. The lowest BCUT2D eigenvalue weighted by molar-refractivity contribution is 0.0595. The summed E-state index contributed by atoms with van der Waals surface area (Å²) >= 11 is 0. The van der Waals surface area contributed by atoms with E-state index in [1.807, 2.05) is 6.07 Å². The molecule has 1 amide bonds. The molecule has 0 aliphatic heterocycles. The first kappa shape index (κ1) is 20.0. The summed E-state index contributed by atoms with van der Waals surface area (Å²) in [6.07, 6.45) is 1.47. The van der Waals surface area contributed by atoms with Gasteiger partial charge in [-0.3, -0.25) is 4.79 Å². The summed E-state index contributed by atoms with van der Waals surface area (Å²) in [7, 11) is 1.07. The molecule has 0 saturated carbocycles. The first-order valence-electron chi connectivity index (χ1n) is 9.06. The van der Waals surface area contributed by atoms with Gasteiger partial charge in [-0.05, 0) is 30.3 Å². The maximum absolute atomic E-state index is 14.3. The smallest absolute Gasteiger partial charge is 0.340 e. The van der Waals surface area contributed by atoms with Crippen molar-refractivity contribution in [2.75, 3.05) is 12.4 Å². The minimum atomic E-state index is -1.10. The molecular weight excluding hydrogens is 408 g/mol. The Hall–Kier alpha value is -4.27. The van der Waals surface area contributed by atoms with Crippen molar-refractivity contribution in [1.82, 2.24) is 9.78 Å². The molecule has 0 fully saturated rings. The number of nitrogens with zero attached hydrogens (tertiary/aromatic N) is 2. The van der Waals surface area contributed by atoms with E-state index in [1.165, 1.54) is 17.0 Å². The molecule has 0 atom stereocenters. The van der Waals surface area contributed by atoms with Crippen molar-refractivity contribution in [2.45, 2.75) is 0 Å². The molecule has 0 aliphatic rings. The standard InChI is InChI=1S/C22H15F2N3O4/c1-30-22(29)14-10-17(16(24)11-15(14)23)25-21(28)19-12-18(20-8-5-9-31-20)26-27(19)13-6-3-2-4-7-13/h2-12H,1H3,(H,25,28). The fraction of sp³-hybridized carbons (Fsp3) is 0.0455. The lowest BCUT2D eigenvalue weighted by atomic mass is 10.1. The minimum Gasteiger partial charge on any atom is -0.465 e. The van der Waals surface area contributed by atoms with E-state index in [-0.39, 0.29) is 11.4 Å². The largest absolute Gasteiger partial charge is 0.465 e. The first-order chi connectivity index (χ1) is 15.0. The normalized spacial score (nSPS) is 10.7. The fourth-order valence-electron chi connectivity index (χ4n) is 2.95. The van der Waals surface area contributed by atoms with Gasteiger partial charge in [0.25, 0.3) is 5.91 Å². The second-order valence-corrected chi connectivity index (χ2v) is 6.40. The van der Waals surface area contributed by atoms with Gasteiger partial charge in [-0.1, -0.05) is 18.2 Å². The summed E-state index contributed by atoms with van der Waals surface area (Å²) in [5.74, 6) is -3.44. The van der Waals surface area contributed by atoms with Gasteiger partial charge in [0.15, 0.2) is 5.76 Å². The van der Waals surface area contributed by atoms with E-state index in [0.29, 0.717) is 23.2 Å². The van der Waals surface area contributed by atoms with Crippen molar-refractivity contribution in [3.63, 3.8) is 0 Å². The monoisotopic (exact) mass is 423 g/mol. The topological polar surface area (TPSA) is 86.4 Å². The van der Waals surface area contributed by atoms with E-state index in [0.717, 1.165) is 13.2 Å². The number of ether oxygens (including phenoxy) is 1. The Kier molecular flexibility index (Phi) is 5.31. The predicted molar refractivity (Wildman–Crippen MR) is 107 cm³/mol. The van der Waals surface area contributed by atoms with Crippen LogP contribution in [-0.4, -0.2) is 28.8 Å². The molecule has 4 aromatic rings. The summed E-state index contributed by atoms with van der Waals surface area (Å²) in [4.78, 5) is 24.7. The molecular formula is C22H15F2N3O4. The second kappa shape index (κ2) is 8.23. The van der Waals surface area contributed by atoms with Crippen molar-refractivity contribution in [3.05, 3.63) is 89.8 Å². The maximum Gasteiger partial charge on any atom is 0.340 e. The van der Waals surface area contributed by atoms with E-state index in [1.54, 1.807) is 36.4 Å². The summed E-state index contributed by atoms with van der Waals surface area (Å²) < 4.78 is 39.4. The average Bonchev–Trinajstić information content (AvgIpc) is 3.45. The molecule has 2 aromatic carbocycles. The predicted octanol–water partition coefficient (Wildman–Crippen LogP) is 4.45. The van der Waals surface area contributed by atoms with Crippen LogP contribution < -0.4 is 5.32 Å². The quantitative estimate of drug-likeness (QED) is 0.480. The van der Waals surface area contributed by atoms with Gasteiger partial charge in [-0.25, -0.2) is 18.3 Å². The Morgan fingerprint density at radius 2 is 1.81 bits per heavy atom. The number of hydrogen-bond donors (Lipinski definition) is 1. The molecule has 0 unspecified atom stereocenters. The van der Waals surface area contributed by atoms with Crippen LogP contribution in [0.4, 0.5) is 14.5 Å². The van der Waals surface area contributed by atoms with E-state index in [2.05, 4.69) is 15.2 Å². The van der Waals surface area contributed by atoms with Gasteiger partial charge < -0.3 is 14.5 Å². The zero-order valence-corrected chi connectivity index (χ0v) is 16.1. The number of carbonyl (C=O) groups is 2. The number of furan rings is 1. The molecule has 4 rings (SSSR count). The average molecular weight is 423 g/mol. The maximum atomic E-state index is 14.3. The van der Waals surface area contributed by atoms with E-state index >= 15 is 0 Å². The molecule has 2 aromatic heterocycles. The van der Waals surface area contributed by atoms with Gasteiger partial charge in [0.2, 0.25) is 0 Å². The number of esters is 1. The number of anilines is 1. The van der Waals surface area contributed by atoms with Crippen LogP contribution in [0.15, 0.2) is 71.3 Å². The molecule has 7 nitrogen and oxygen atoms in total. The van der Waals surface area contributed by atoms with Crippen molar-refractivity contribution in [3.8, 4) is 17.1 Å². The van der Waals surface area contributed by atoms with Gasteiger partial charge in [0, 0.05) is 12.1 Å². The molecule has 9 heteroatoms. The Labute approximate surface area is 174 Å². The third-order valence-corrected chi connectivity index (χ3v) is 4.43. The highest BCUT2D eigenvalue weighted by molar-refractivity contribution is 6.04. The van der Waals surface area contributed by atoms with Crippen molar-refractivity contribution >= 4 is 17.6 Å². The Balaban J connectivity index is 1.74. The molecule has 31 heavy (non-hydrogen) atoms. The minimum absolute atomic E-state index is 0.0703. The highest BCUT2D eigenvalue weighted by atomic mass is 19.1. The Morgan fingerprint density at radius 1 is 1.03 bits per heavy atom. The van der Waals surface area contributed by atoms with E-state index < -0.39 is 29.1 Å². The molecule has 0 bridgehead atoms. The van der Waals surface area contributed by atoms with Crippen molar-refractivity contribution in [2.24, 2.45) is 0 Å². The van der Waals surface area contributed by atoms with Crippen molar-refractivity contribution < 1.29 is 27.5 Å². The summed E-state index contributed by atoms with van der Waals surface area (Å²) in [5.41, 5.74) is 0.147. The van der Waals surface area contributed by atoms with E-state index in [9.17, 15) is 18.4 Å². The number of para-hydroxylation sites is 1. The molecule has 2 heterocycles. The number of nitrogens with one attached hydrogen (secondary N) is 1. The third kappa shape index (κ3) is 3.93. The fourth-order valence-corrected chi connectivity index (χ4v) is 2.95. The molecule has 0 aliphatic carbocycles. The van der Waals surface area contributed by atoms with Crippen molar-refractivity contribution in [1.29, 1.82) is 0 Å². The zero-order chi connectivity index (χ0) is 22.0. The van der Waals surface area contributed by atoms with Crippen LogP contribution in [0, 0.1) is 11.6 Å². The van der Waals surface area contributed by atoms with Crippen LogP contribution in [0.1, 0.15) is 20.8 Å². The third-order valence-electron chi connectivity index (χ3n) is 4.43. The lowest BCUT2D eigenvalue weighted by Gasteiger charge is -2.10. The Morgan fingerprint density at radius 3 is 2.48 bits per heavy atom. The number of halogens is 2.